The van der Waals surface area contributed by atoms with Gasteiger partial charge in [-0.05, 0) is 59.7 Å². The molecule has 34 heavy (non-hydrogen) atoms. The molecule has 0 unspecified atom stereocenters. The predicted octanol–water partition coefficient (Wildman–Crippen LogP) is 5.12. The summed E-state index contributed by atoms with van der Waals surface area (Å²) < 4.78 is 5.96. The fourth-order valence-electron chi connectivity index (χ4n) is 4.23. The van der Waals surface area contributed by atoms with E-state index in [0.29, 0.717) is 25.2 Å². The highest BCUT2D eigenvalue weighted by atomic mass is 16.5. The van der Waals surface area contributed by atoms with Gasteiger partial charge in [0.1, 0.15) is 0 Å². The van der Waals surface area contributed by atoms with Crippen molar-refractivity contribution in [2.45, 2.75) is 53.6 Å². The number of benzene rings is 2. The van der Waals surface area contributed by atoms with Crippen LogP contribution in [-0.2, 0) is 9.53 Å². The number of carbonyl (C=O) groups is 1. The van der Waals surface area contributed by atoms with Crippen molar-refractivity contribution in [2.75, 3.05) is 31.1 Å². The molecule has 0 bridgehead atoms. The van der Waals surface area contributed by atoms with Crippen molar-refractivity contribution in [1.29, 1.82) is 0 Å². The van der Waals surface area contributed by atoms with Gasteiger partial charge in [-0.25, -0.2) is 0 Å². The van der Waals surface area contributed by atoms with Crippen molar-refractivity contribution in [3.8, 4) is 5.69 Å². The average molecular weight is 466 g/mol. The summed E-state index contributed by atoms with van der Waals surface area (Å²) in [6.45, 7) is 16.5. The maximum absolute atomic E-state index is 13.2. The van der Waals surface area contributed by atoms with Gasteiger partial charge in [-0.1, -0.05) is 36.4 Å². The molecule has 1 heterocycles. The lowest BCUT2D eigenvalue weighted by Gasteiger charge is -2.34. The van der Waals surface area contributed by atoms with Crippen LogP contribution < -0.4 is 10.5 Å². The van der Waals surface area contributed by atoms with Crippen LogP contribution in [0.3, 0.4) is 0 Å². The smallest absolute Gasteiger partial charge is 0.293 e. The second-order valence-corrected chi connectivity index (χ2v) is 8.61. The molecular formula is C28H39N3O3. The zero-order valence-corrected chi connectivity index (χ0v) is 21.4. The van der Waals surface area contributed by atoms with Crippen LogP contribution in [0.5, 0.6) is 0 Å². The first kappa shape index (κ1) is 27.1. The lowest BCUT2D eigenvalue weighted by atomic mass is 10.1. The highest BCUT2D eigenvalue weighted by Gasteiger charge is 2.18. The number of likely N-dealkylation sites (N-methyl/N-ethyl adjacent to an activating group) is 1. The SMILES string of the molecule is CCN(CCN(C(C)C)C(C)C)c1cc(=O)n(-c2ccccc2)c2ccccc12.CCOC=O. The Hall–Kier alpha value is -3.12. The molecule has 0 atom stereocenters. The van der Waals surface area contributed by atoms with Gasteiger partial charge in [0.25, 0.3) is 12.0 Å². The van der Waals surface area contributed by atoms with E-state index in [1.54, 1.807) is 17.6 Å². The molecule has 0 N–H and O–H groups in total. The Bertz CT molecular complexity index is 1070. The molecule has 6 nitrogen and oxygen atoms in total. The van der Waals surface area contributed by atoms with Crippen LogP contribution in [-0.4, -0.2) is 54.3 Å². The Morgan fingerprint density at radius 3 is 2.06 bits per heavy atom. The molecule has 184 valence electrons. The fraction of sp³-hybridized carbons (Fsp3) is 0.429. The maximum Gasteiger partial charge on any atom is 0.293 e. The van der Waals surface area contributed by atoms with Gasteiger partial charge in [-0.3, -0.25) is 19.1 Å². The van der Waals surface area contributed by atoms with Crippen molar-refractivity contribution in [2.24, 2.45) is 0 Å². The van der Waals surface area contributed by atoms with Gasteiger partial charge in [0, 0.05) is 48.9 Å². The van der Waals surface area contributed by atoms with Gasteiger partial charge in [0.2, 0.25) is 0 Å². The number of fused-ring (bicyclic) bond motifs is 1. The number of rotatable bonds is 10. The number of nitrogens with zero attached hydrogens (tertiary/aromatic N) is 3. The number of para-hydroxylation sites is 2. The quantitative estimate of drug-likeness (QED) is 0.389. The van der Waals surface area contributed by atoms with E-state index >= 15 is 0 Å². The maximum atomic E-state index is 13.2. The molecule has 0 aliphatic rings. The minimum Gasteiger partial charge on any atom is -0.468 e. The molecule has 2 aromatic carbocycles. The first-order valence-electron chi connectivity index (χ1n) is 12.1. The van der Waals surface area contributed by atoms with Gasteiger partial charge in [-0.2, -0.15) is 0 Å². The van der Waals surface area contributed by atoms with E-state index in [1.165, 1.54) is 0 Å². The van der Waals surface area contributed by atoms with Crippen LogP contribution in [0.15, 0.2) is 65.5 Å². The van der Waals surface area contributed by atoms with E-state index in [2.05, 4.69) is 55.2 Å². The highest BCUT2D eigenvalue weighted by molar-refractivity contribution is 5.92. The van der Waals surface area contributed by atoms with Gasteiger partial charge in [0.15, 0.2) is 0 Å². The normalized spacial score (nSPS) is 11.0. The molecule has 0 saturated carbocycles. The third-order valence-corrected chi connectivity index (χ3v) is 5.83. The van der Waals surface area contributed by atoms with Crippen molar-refractivity contribution < 1.29 is 9.53 Å². The first-order chi connectivity index (χ1) is 16.3. The molecule has 3 aromatic rings. The number of anilines is 1. The molecule has 3 rings (SSSR count). The largest absolute Gasteiger partial charge is 0.468 e. The Morgan fingerprint density at radius 1 is 0.912 bits per heavy atom. The second kappa shape index (κ2) is 13.6. The van der Waals surface area contributed by atoms with Crippen LogP contribution >= 0.6 is 0 Å². The number of aromatic nitrogens is 1. The van der Waals surface area contributed by atoms with Gasteiger partial charge < -0.3 is 9.64 Å². The average Bonchev–Trinajstić information content (AvgIpc) is 2.82. The van der Waals surface area contributed by atoms with E-state index in [1.807, 2.05) is 48.5 Å². The zero-order valence-electron chi connectivity index (χ0n) is 21.4. The van der Waals surface area contributed by atoms with Gasteiger partial charge in [0.05, 0.1) is 17.8 Å². The molecule has 0 fully saturated rings. The third kappa shape index (κ3) is 6.94. The van der Waals surface area contributed by atoms with Crippen LogP contribution in [0, 0.1) is 0 Å². The summed E-state index contributed by atoms with van der Waals surface area (Å²) in [4.78, 5) is 27.2. The molecule has 6 heteroatoms. The molecule has 0 aliphatic heterocycles. The molecule has 0 spiro atoms. The fourth-order valence-corrected chi connectivity index (χ4v) is 4.23. The predicted molar refractivity (Wildman–Crippen MR) is 142 cm³/mol. The number of hydrogen-bond donors (Lipinski definition) is 0. The summed E-state index contributed by atoms with van der Waals surface area (Å²) in [5, 5.41) is 1.11. The van der Waals surface area contributed by atoms with Crippen LogP contribution in [0.1, 0.15) is 41.5 Å². The Labute approximate surface area is 203 Å². The van der Waals surface area contributed by atoms with Crippen molar-refractivity contribution >= 4 is 23.1 Å². The minimum absolute atomic E-state index is 0.00734. The summed E-state index contributed by atoms with van der Waals surface area (Å²) >= 11 is 0. The van der Waals surface area contributed by atoms with Gasteiger partial charge in [-0.15, -0.1) is 0 Å². The van der Waals surface area contributed by atoms with E-state index in [-0.39, 0.29) is 5.56 Å². The summed E-state index contributed by atoms with van der Waals surface area (Å²) in [5.74, 6) is 0. The van der Waals surface area contributed by atoms with Crippen LogP contribution in [0.4, 0.5) is 5.69 Å². The first-order valence-corrected chi connectivity index (χ1v) is 12.1. The topological polar surface area (TPSA) is 54.8 Å². The lowest BCUT2D eigenvalue weighted by Crippen LogP contribution is -2.43. The summed E-state index contributed by atoms with van der Waals surface area (Å²) in [6, 6.07) is 20.9. The summed E-state index contributed by atoms with van der Waals surface area (Å²) in [6.07, 6.45) is 0. The molecule has 0 amide bonds. The van der Waals surface area contributed by atoms with E-state index < -0.39 is 0 Å². The van der Waals surface area contributed by atoms with E-state index in [9.17, 15) is 9.59 Å². The Morgan fingerprint density at radius 2 is 1.53 bits per heavy atom. The minimum atomic E-state index is 0.00734. The summed E-state index contributed by atoms with van der Waals surface area (Å²) in [7, 11) is 0. The summed E-state index contributed by atoms with van der Waals surface area (Å²) in [5.41, 5.74) is 2.87. The molecule has 0 saturated heterocycles. The highest BCUT2D eigenvalue weighted by Crippen LogP contribution is 2.27. The number of carbonyl (C=O) groups excluding carboxylic acids is 1. The molecule has 1 aromatic heterocycles. The van der Waals surface area contributed by atoms with Crippen LogP contribution in [0.2, 0.25) is 0 Å². The Kier molecular flexibility index (Phi) is 10.8. The number of pyridine rings is 1. The third-order valence-electron chi connectivity index (χ3n) is 5.83. The van der Waals surface area contributed by atoms with Gasteiger partial charge >= 0.3 is 0 Å². The van der Waals surface area contributed by atoms with Crippen molar-refractivity contribution in [3.05, 3.63) is 71.0 Å². The zero-order chi connectivity index (χ0) is 25.1. The second-order valence-electron chi connectivity index (χ2n) is 8.61. The lowest BCUT2D eigenvalue weighted by molar-refractivity contribution is -0.128. The van der Waals surface area contributed by atoms with Crippen molar-refractivity contribution in [3.63, 3.8) is 0 Å². The van der Waals surface area contributed by atoms with Crippen molar-refractivity contribution in [1.82, 2.24) is 9.47 Å². The number of ether oxygens (including phenoxy) is 1. The van der Waals surface area contributed by atoms with E-state index in [4.69, 9.17) is 0 Å². The van der Waals surface area contributed by atoms with Crippen LogP contribution in [0.25, 0.3) is 16.6 Å². The Balaban J connectivity index is 0.000000739. The molecular weight excluding hydrogens is 426 g/mol. The molecule has 0 radical (unpaired) electrons. The number of hydrogen-bond acceptors (Lipinski definition) is 5. The molecule has 0 aliphatic carbocycles. The monoisotopic (exact) mass is 465 g/mol. The van der Waals surface area contributed by atoms with E-state index in [0.717, 1.165) is 41.9 Å². The standard InChI is InChI=1S/C25H33N3O.C3H6O2/c1-6-26(16-17-27(19(2)3)20(4)5)24-18-25(29)28(21-12-8-7-9-13-21)23-15-11-10-14-22(23)24;1-2-5-3-4/h7-15,18-20H,6,16-17H2,1-5H3;3H,2H2,1H3.